The third kappa shape index (κ3) is 2.50. The minimum atomic E-state index is -3.20. The number of carbonyl (C=O) groups excluding carboxylic acids is 1. The topological polar surface area (TPSA) is 51.2 Å². The smallest absolute Gasteiger partial charge is 0.154 e. The Labute approximate surface area is 95.4 Å². The monoisotopic (exact) mass is 238 g/mol. The Balaban J connectivity index is 2.09. The van der Waals surface area contributed by atoms with Crippen LogP contribution in [0.2, 0.25) is 0 Å². The predicted octanol–water partition coefficient (Wildman–Crippen LogP) is 1.02. The third-order valence-corrected chi connectivity index (χ3v) is 3.72. The lowest BCUT2D eigenvalue weighted by Crippen LogP contribution is -2.23. The van der Waals surface area contributed by atoms with Crippen LogP contribution in [0, 0.1) is 5.92 Å². The second kappa shape index (κ2) is 4.01. The molecule has 0 aromatic heterocycles. The third-order valence-electron chi connectivity index (χ3n) is 2.91. The van der Waals surface area contributed by atoms with Crippen LogP contribution < -0.4 is 0 Å². The molecule has 0 aliphatic heterocycles. The Morgan fingerprint density at radius 3 is 2.19 bits per heavy atom. The van der Waals surface area contributed by atoms with Gasteiger partial charge in [0.25, 0.3) is 0 Å². The number of hydrogen-bond acceptors (Lipinski definition) is 3. The largest absolute Gasteiger partial charge is 0.298 e. The SMILES string of the molecule is CS(=O)(=O)CC(=O)C1Cc2ccccc2C1. The number of carbonyl (C=O) groups is 1. The zero-order valence-electron chi connectivity index (χ0n) is 9.14. The van der Waals surface area contributed by atoms with E-state index in [0.29, 0.717) is 12.8 Å². The first-order valence-corrected chi connectivity index (χ1v) is 7.29. The Morgan fingerprint density at radius 2 is 1.75 bits per heavy atom. The molecule has 0 fully saturated rings. The molecule has 0 radical (unpaired) electrons. The van der Waals surface area contributed by atoms with Gasteiger partial charge in [-0.2, -0.15) is 0 Å². The highest BCUT2D eigenvalue weighted by atomic mass is 32.2. The molecule has 2 rings (SSSR count). The number of benzene rings is 1. The van der Waals surface area contributed by atoms with Gasteiger partial charge in [-0.1, -0.05) is 24.3 Å². The molecule has 0 N–H and O–H groups in total. The van der Waals surface area contributed by atoms with E-state index in [1.54, 1.807) is 0 Å². The second-order valence-corrected chi connectivity index (χ2v) is 6.55. The molecule has 1 aliphatic carbocycles. The minimum absolute atomic E-state index is 0.146. The molecule has 0 heterocycles. The normalized spacial score (nSPS) is 16.1. The van der Waals surface area contributed by atoms with E-state index in [0.717, 1.165) is 6.26 Å². The summed E-state index contributed by atoms with van der Waals surface area (Å²) in [5.41, 5.74) is 2.35. The van der Waals surface area contributed by atoms with E-state index in [4.69, 9.17) is 0 Å². The number of hydrogen-bond donors (Lipinski definition) is 0. The lowest BCUT2D eigenvalue weighted by Gasteiger charge is -2.06. The van der Waals surface area contributed by atoms with Gasteiger partial charge in [0.05, 0.1) is 0 Å². The summed E-state index contributed by atoms with van der Waals surface area (Å²) in [5, 5.41) is 0. The fourth-order valence-electron chi connectivity index (χ4n) is 2.16. The first-order valence-electron chi connectivity index (χ1n) is 5.23. The summed E-state index contributed by atoms with van der Waals surface area (Å²) in [5.74, 6) is -0.628. The average Bonchev–Trinajstić information content (AvgIpc) is 2.58. The van der Waals surface area contributed by atoms with Crippen molar-refractivity contribution < 1.29 is 13.2 Å². The Kier molecular flexibility index (Phi) is 2.84. The maximum absolute atomic E-state index is 11.8. The van der Waals surface area contributed by atoms with Gasteiger partial charge in [-0.15, -0.1) is 0 Å². The van der Waals surface area contributed by atoms with Crippen molar-refractivity contribution in [2.45, 2.75) is 12.8 Å². The maximum atomic E-state index is 11.8. The first kappa shape index (κ1) is 11.3. The number of fused-ring (bicyclic) bond motifs is 1. The van der Waals surface area contributed by atoms with Crippen LogP contribution in [0.4, 0.5) is 0 Å². The van der Waals surface area contributed by atoms with Gasteiger partial charge in [0, 0.05) is 12.2 Å². The second-order valence-electron chi connectivity index (χ2n) is 4.41. The number of sulfone groups is 1. The van der Waals surface area contributed by atoms with Gasteiger partial charge in [-0.3, -0.25) is 4.79 Å². The molecule has 0 saturated carbocycles. The standard InChI is InChI=1S/C12H14O3S/c1-16(14,15)8-12(13)11-6-9-4-2-3-5-10(9)7-11/h2-5,11H,6-8H2,1H3. The molecular formula is C12H14O3S. The zero-order valence-corrected chi connectivity index (χ0v) is 9.96. The summed E-state index contributed by atoms with van der Waals surface area (Å²) < 4.78 is 22.1. The molecule has 0 unspecified atom stereocenters. The summed E-state index contributed by atoms with van der Waals surface area (Å²) in [4.78, 5) is 11.8. The summed E-state index contributed by atoms with van der Waals surface area (Å²) in [7, 11) is -3.20. The number of Topliss-reactive ketones (excluding diaryl/α,β-unsaturated/α-hetero) is 1. The van der Waals surface area contributed by atoms with Crippen molar-refractivity contribution in [1.82, 2.24) is 0 Å². The number of rotatable bonds is 3. The van der Waals surface area contributed by atoms with Gasteiger partial charge < -0.3 is 0 Å². The Bertz CT molecular complexity index is 492. The van der Waals surface area contributed by atoms with Gasteiger partial charge in [0.2, 0.25) is 0 Å². The molecule has 0 bridgehead atoms. The number of ketones is 1. The van der Waals surface area contributed by atoms with Crippen LogP contribution in [0.15, 0.2) is 24.3 Å². The van der Waals surface area contributed by atoms with Crippen molar-refractivity contribution in [3.8, 4) is 0 Å². The average molecular weight is 238 g/mol. The molecular weight excluding hydrogens is 224 g/mol. The van der Waals surface area contributed by atoms with E-state index in [1.165, 1.54) is 11.1 Å². The molecule has 0 saturated heterocycles. The Hall–Kier alpha value is -1.16. The van der Waals surface area contributed by atoms with E-state index >= 15 is 0 Å². The molecule has 1 aliphatic rings. The van der Waals surface area contributed by atoms with Crippen molar-refractivity contribution in [3.63, 3.8) is 0 Å². The van der Waals surface area contributed by atoms with Gasteiger partial charge in [0.15, 0.2) is 15.6 Å². The van der Waals surface area contributed by atoms with Crippen LogP contribution in [0.3, 0.4) is 0 Å². The van der Waals surface area contributed by atoms with Gasteiger partial charge in [-0.25, -0.2) is 8.42 Å². The lowest BCUT2D eigenvalue weighted by molar-refractivity contribution is -0.120. The molecule has 3 nitrogen and oxygen atoms in total. The van der Waals surface area contributed by atoms with Crippen molar-refractivity contribution in [3.05, 3.63) is 35.4 Å². The van der Waals surface area contributed by atoms with Crippen LogP contribution in [0.25, 0.3) is 0 Å². The summed E-state index contributed by atoms with van der Waals surface area (Å²) in [6.45, 7) is 0. The highest BCUT2D eigenvalue weighted by Crippen LogP contribution is 2.27. The van der Waals surface area contributed by atoms with Crippen LogP contribution in [-0.2, 0) is 27.5 Å². The van der Waals surface area contributed by atoms with Crippen LogP contribution in [-0.4, -0.2) is 26.2 Å². The molecule has 0 amide bonds. The Morgan fingerprint density at radius 1 is 1.25 bits per heavy atom. The van der Waals surface area contributed by atoms with E-state index in [-0.39, 0.29) is 17.5 Å². The maximum Gasteiger partial charge on any atom is 0.154 e. The molecule has 0 atom stereocenters. The van der Waals surface area contributed by atoms with Crippen molar-refractivity contribution in [1.29, 1.82) is 0 Å². The quantitative estimate of drug-likeness (QED) is 0.790. The zero-order chi connectivity index (χ0) is 11.8. The minimum Gasteiger partial charge on any atom is -0.298 e. The fourth-order valence-corrected chi connectivity index (χ4v) is 2.92. The summed E-state index contributed by atoms with van der Waals surface area (Å²) in [6, 6.07) is 7.90. The molecule has 4 heteroatoms. The van der Waals surface area contributed by atoms with Crippen LogP contribution >= 0.6 is 0 Å². The fraction of sp³-hybridized carbons (Fsp3) is 0.417. The van der Waals surface area contributed by atoms with Gasteiger partial charge >= 0.3 is 0 Å². The first-order chi connectivity index (χ1) is 7.46. The van der Waals surface area contributed by atoms with E-state index in [2.05, 4.69) is 0 Å². The van der Waals surface area contributed by atoms with Crippen LogP contribution in [0.5, 0.6) is 0 Å². The lowest BCUT2D eigenvalue weighted by atomic mass is 10.0. The highest BCUT2D eigenvalue weighted by Gasteiger charge is 2.28. The van der Waals surface area contributed by atoms with Crippen molar-refractivity contribution in [2.24, 2.45) is 5.92 Å². The summed E-state index contributed by atoms with van der Waals surface area (Å²) in [6.07, 6.45) is 2.47. The van der Waals surface area contributed by atoms with Gasteiger partial charge in [0.1, 0.15) is 5.75 Å². The van der Waals surface area contributed by atoms with Gasteiger partial charge in [-0.05, 0) is 24.0 Å². The molecule has 16 heavy (non-hydrogen) atoms. The molecule has 1 aromatic rings. The van der Waals surface area contributed by atoms with Crippen molar-refractivity contribution in [2.75, 3.05) is 12.0 Å². The highest BCUT2D eigenvalue weighted by molar-refractivity contribution is 7.91. The van der Waals surface area contributed by atoms with E-state index < -0.39 is 9.84 Å². The van der Waals surface area contributed by atoms with E-state index in [1.807, 2.05) is 24.3 Å². The van der Waals surface area contributed by atoms with E-state index in [9.17, 15) is 13.2 Å². The molecule has 1 aromatic carbocycles. The predicted molar refractivity (Wildman–Crippen MR) is 62.1 cm³/mol. The molecule has 86 valence electrons. The van der Waals surface area contributed by atoms with Crippen LogP contribution in [0.1, 0.15) is 11.1 Å². The summed E-state index contributed by atoms with van der Waals surface area (Å²) >= 11 is 0. The van der Waals surface area contributed by atoms with Crippen molar-refractivity contribution >= 4 is 15.6 Å². The molecule has 0 spiro atoms.